The van der Waals surface area contributed by atoms with Gasteiger partial charge in [0.25, 0.3) is 0 Å². The molecule has 0 bridgehead atoms. The first-order chi connectivity index (χ1) is 7.79. The first-order valence-corrected chi connectivity index (χ1v) is 6.12. The number of aryl methyl sites for hydroxylation is 1. The molecule has 86 valence electrons. The van der Waals surface area contributed by atoms with Crippen LogP contribution < -0.4 is 11.1 Å². The minimum absolute atomic E-state index is 0.177. The van der Waals surface area contributed by atoms with Gasteiger partial charge in [0.15, 0.2) is 0 Å². The molecule has 0 aliphatic rings. The molecule has 16 heavy (non-hydrogen) atoms. The molecule has 1 unspecified atom stereocenters. The molecule has 2 aromatic heterocycles. The maximum Gasteiger partial charge on any atom is 0.0538 e. The van der Waals surface area contributed by atoms with Crippen LogP contribution in [0, 0.1) is 0 Å². The number of nitrogens with two attached hydrogens (primary N) is 1. The summed E-state index contributed by atoms with van der Waals surface area (Å²) >= 11 is 1.75. The van der Waals surface area contributed by atoms with Gasteiger partial charge in [-0.05, 0) is 11.4 Å². The Bertz CT molecular complexity index is 421. The number of thiophene rings is 1. The summed E-state index contributed by atoms with van der Waals surface area (Å²) < 4.78 is 1.80. The molecule has 2 heterocycles. The molecule has 5 heteroatoms. The fourth-order valence-corrected chi connectivity index (χ4v) is 2.25. The molecular weight excluding hydrogens is 220 g/mol. The van der Waals surface area contributed by atoms with Crippen molar-refractivity contribution in [3.63, 3.8) is 0 Å². The Labute approximate surface area is 99.1 Å². The Hall–Kier alpha value is -1.17. The maximum absolute atomic E-state index is 5.76. The number of nitrogens with zero attached hydrogens (tertiary/aromatic N) is 2. The smallest absolute Gasteiger partial charge is 0.0538 e. The van der Waals surface area contributed by atoms with Crippen LogP contribution in [0.4, 0.5) is 0 Å². The van der Waals surface area contributed by atoms with Gasteiger partial charge in [-0.2, -0.15) is 5.10 Å². The van der Waals surface area contributed by atoms with E-state index in [1.54, 1.807) is 16.0 Å². The Morgan fingerprint density at radius 2 is 2.50 bits per heavy atom. The minimum Gasteiger partial charge on any atom is -0.329 e. The lowest BCUT2D eigenvalue weighted by Gasteiger charge is -2.14. The molecule has 2 aromatic rings. The second-order valence-electron chi connectivity index (χ2n) is 3.70. The number of aromatic nitrogens is 2. The van der Waals surface area contributed by atoms with E-state index in [0.29, 0.717) is 6.54 Å². The molecule has 0 aromatic carbocycles. The van der Waals surface area contributed by atoms with Crippen LogP contribution >= 0.6 is 11.3 Å². The van der Waals surface area contributed by atoms with Crippen molar-refractivity contribution < 1.29 is 0 Å². The third-order valence-electron chi connectivity index (χ3n) is 2.47. The summed E-state index contributed by atoms with van der Waals surface area (Å²) in [5.74, 6) is 0. The van der Waals surface area contributed by atoms with Gasteiger partial charge < -0.3 is 11.1 Å². The van der Waals surface area contributed by atoms with E-state index in [1.165, 1.54) is 4.88 Å². The van der Waals surface area contributed by atoms with Gasteiger partial charge in [0, 0.05) is 42.8 Å². The molecule has 0 saturated carbocycles. The first-order valence-electron chi connectivity index (χ1n) is 5.24. The Balaban J connectivity index is 1.96. The van der Waals surface area contributed by atoms with Gasteiger partial charge in [-0.25, -0.2) is 0 Å². The van der Waals surface area contributed by atoms with Gasteiger partial charge >= 0.3 is 0 Å². The summed E-state index contributed by atoms with van der Waals surface area (Å²) in [5, 5.41) is 9.67. The number of rotatable bonds is 5. The van der Waals surface area contributed by atoms with Gasteiger partial charge in [0.05, 0.1) is 6.20 Å². The number of nitrogens with one attached hydrogen (secondary N) is 1. The fourth-order valence-electron chi connectivity index (χ4n) is 1.59. The Kier molecular flexibility index (Phi) is 3.71. The highest BCUT2D eigenvalue weighted by atomic mass is 32.1. The predicted molar refractivity (Wildman–Crippen MR) is 66.2 cm³/mol. The standard InChI is InChI=1S/C11H16N4S/c1-15-8-9(6-14-15)11(5-12)13-7-10-3-2-4-16-10/h2-4,6,8,11,13H,5,7,12H2,1H3. The third kappa shape index (κ3) is 2.69. The highest BCUT2D eigenvalue weighted by Gasteiger charge is 2.10. The average molecular weight is 236 g/mol. The Morgan fingerprint density at radius 3 is 3.06 bits per heavy atom. The molecule has 0 aliphatic carbocycles. The largest absolute Gasteiger partial charge is 0.329 e. The molecule has 2 rings (SSSR count). The molecule has 0 amide bonds. The van der Waals surface area contributed by atoms with Gasteiger partial charge in [0.1, 0.15) is 0 Å². The molecule has 0 saturated heterocycles. The van der Waals surface area contributed by atoms with Crippen molar-refractivity contribution in [2.24, 2.45) is 12.8 Å². The van der Waals surface area contributed by atoms with E-state index in [-0.39, 0.29) is 6.04 Å². The normalized spacial score (nSPS) is 12.9. The van der Waals surface area contributed by atoms with E-state index in [1.807, 2.05) is 19.4 Å². The van der Waals surface area contributed by atoms with Gasteiger partial charge in [-0.15, -0.1) is 11.3 Å². The summed E-state index contributed by atoms with van der Waals surface area (Å²) in [6.07, 6.45) is 3.86. The summed E-state index contributed by atoms with van der Waals surface area (Å²) in [6, 6.07) is 4.35. The predicted octanol–water partition coefficient (Wildman–Crippen LogP) is 1.27. The maximum atomic E-state index is 5.76. The van der Waals surface area contributed by atoms with E-state index >= 15 is 0 Å². The zero-order valence-corrected chi connectivity index (χ0v) is 10.1. The molecule has 1 atom stereocenters. The Morgan fingerprint density at radius 1 is 1.62 bits per heavy atom. The van der Waals surface area contributed by atoms with Crippen LogP contribution in [0.3, 0.4) is 0 Å². The van der Waals surface area contributed by atoms with Crippen LogP contribution in [-0.2, 0) is 13.6 Å². The van der Waals surface area contributed by atoms with E-state index in [2.05, 4.69) is 27.9 Å². The average Bonchev–Trinajstić information content (AvgIpc) is 2.91. The van der Waals surface area contributed by atoms with Crippen molar-refractivity contribution in [2.75, 3.05) is 6.54 Å². The van der Waals surface area contributed by atoms with Crippen LogP contribution in [0.15, 0.2) is 29.9 Å². The van der Waals surface area contributed by atoms with Crippen molar-refractivity contribution in [1.82, 2.24) is 15.1 Å². The van der Waals surface area contributed by atoms with Crippen LogP contribution in [0.25, 0.3) is 0 Å². The zero-order valence-electron chi connectivity index (χ0n) is 9.26. The molecule has 3 N–H and O–H groups in total. The first kappa shape index (κ1) is 11.3. The fraction of sp³-hybridized carbons (Fsp3) is 0.364. The molecule has 0 spiro atoms. The van der Waals surface area contributed by atoms with Crippen LogP contribution in [0.1, 0.15) is 16.5 Å². The highest BCUT2D eigenvalue weighted by molar-refractivity contribution is 7.09. The topological polar surface area (TPSA) is 55.9 Å². The molecule has 4 nitrogen and oxygen atoms in total. The zero-order chi connectivity index (χ0) is 11.4. The second-order valence-corrected chi connectivity index (χ2v) is 4.73. The van der Waals surface area contributed by atoms with E-state index in [9.17, 15) is 0 Å². The monoisotopic (exact) mass is 236 g/mol. The van der Waals surface area contributed by atoms with Crippen LogP contribution in [-0.4, -0.2) is 16.3 Å². The highest BCUT2D eigenvalue weighted by Crippen LogP contribution is 2.13. The summed E-state index contributed by atoms with van der Waals surface area (Å²) in [7, 11) is 1.91. The van der Waals surface area contributed by atoms with Gasteiger partial charge in [-0.1, -0.05) is 6.07 Å². The lowest BCUT2D eigenvalue weighted by atomic mass is 10.1. The number of hydrogen-bond donors (Lipinski definition) is 2. The van der Waals surface area contributed by atoms with Crippen LogP contribution in [0.2, 0.25) is 0 Å². The van der Waals surface area contributed by atoms with Crippen molar-refractivity contribution in [3.8, 4) is 0 Å². The van der Waals surface area contributed by atoms with E-state index < -0.39 is 0 Å². The third-order valence-corrected chi connectivity index (χ3v) is 3.34. The van der Waals surface area contributed by atoms with E-state index in [0.717, 1.165) is 12.1 Å². The lowest BCUT2D eigenvalue weighted by Crippen LogP contribution is -2.27. The van der Waals surface area contributed by atoms with Crippen LogP contribution in [0.5, 0.6) is 0 Å². The van der Waals surface area contributed by atoms with Gasteiger partial charge in [-0.3, -0.25) is 4.68 Å². The van der Waals surface area contributed by atoms with Gasteiger partial charge in [0.2, 0.25) is 0 Å². The molecular formula is C11H16N4S. The van der Waals surface area contributed by atoms with Crippen molar-refractivity contribution in [3.05, 3.63) is 40.3 Å². The molecule has 0 fully saturated rings. The number of hydrogen-bond acceptors (Lipinski definition) is 4. The minimum atomic E-state index is 0.177. The van der Waals surface area contributed by atoms with Crippen molar-refractivity contribution >= 4 is 11.3 Å². The summed E-state index contributed by atoms with van der Waals surface area (Å²) in [6.45, 7) is 1.44. The summed E-state index contributed by atoms with van der Waals surface area (Å²) in [5.41, 5.74) is 6.90. The molecule has 0 aliphatic heterocycles. The van der Waals surface area contributed by atoms with E-state index in [4.69, 9.17) is 5.73 Å². The lowest BCUT2D eigenvalue weighted by molar-refractivity contribution is 0.545. The SMILES string of the molecule is Cn1cc(C(CN)NCc2cccs2)cn1. The quantitative estimate of drug-likeness (QED) is 0.822. The van der Waals surface area contributed by atoms with Crippen molar-refractivity contribution in [1.29, 1.82) is 0 Å². The van der Waals surface area contributed by atoms with Crippen molar-refractivity contribution in [2.45, 2.75) is 12.6 Å². The summed E-state index contributed by atoms with van der Waals surface area (Å²) in [4.78, 5) is 1.32. The molecule has 0 radical (unpaired) electrons. The second kappa shape index (κ2) is 5.25.